The van der Waals surface area contributed by atoms with Crippen molar-refractivity contribution in [3.8, 4) is 0 Å². The van der Waals surface area contributed by atoms with E-state index in [2.05, 4.69) is 15.6 Å². The van der Waals surface area contributed by atoms with Crippen molar-refractivity contribution in [1.82, 2.24) is 15.5 Å². The first-order valence-electron chi connectivity index (χ1n) is 13.0. The van der Waals surface area contributed by atoms with Gasteiger partial charge in [-0.15, -0.1) is 0 Å². The minimum atomic E-state index is -1.09. The molecular formula is C23H45N9O5. The molecule has 1 saturated heterocycles. The molecule has 0 aromatic carbocycles. The normalized spacial score (nSPS) is 17.5. The first-order chi connectivity index (χ1) is 17.6. The topological polar surface area (TPSA) is 258 Å². The maximum atomic E-state index is 13.3. The second kappa shape index (κ2) is 17.5. The molecule has 0 radical (unpaired) electrons. The second-order valence-electron chi connectivity index (χ2n) is 9.27. The van der Waals surface area contributed by atoms with Gasteiger partial charge < -0.3 is 49.3 Å². The molecule has 0 aromatic heterocycles. The van der Waals surface area contributed by atoms with Crippen LogP contribution >= 0.6 is 0 Å². The highest BCUT2D eigenvalue weighted by Crippen LogP contribution is 2.20. The van der Waals surface area contributed by atoms with E-state index in [0.717, 1.165) is 6.42 Å². The van der Waals surface area contributed by atoms with Gasteiger partial charge in [-0.1, -0.05) is 6.42 Å². The highest BCUT2D eigenvalue weighted by atomic mass is 16.4. The Kier molecular flexibility index (Phi) is 15.1. The van der Waals surface area contributed by atoms with Crippen LogP contribution in [0.25, 0.3) is 0 Å². The maximum Gasteiger partial charge on any atom is 0.326 e. The van der Waals surface area contributed by atoms with E-state index >= 15 is 0 Å². The summed E-state index contributed by atoms with van der Waals surface area (Å²) in [5.74, 6) is -2.69. The Morgan fingerprint density at radius 3 is 2.08 bits per heavy atom. The molecule has 212 valence electrons. The molecule has 0 aliphatic carbocycles. The Bertz CT molecular complexity index is 776. The van der Waals surface area contributed by atoms with Crippen LogP contribution in [-0.4, -0.2) is 90.0 Å². The lowest BCUT2D eigenvalue weighted by Gasteiger charge is -2.29. The number of carbonyl (C=O) groups is 4. The first kappa shape index (κ1) is 32.1. The summed E-state index contributed by atoms with van der Waals surface area (Å²) in [6.07, 6.45) is 4.83. The Balaban J connectivity index is 2.99. The molecule has 1 heterocycles. The standard InChI is InChI=1S/C23H45N9O5/c24-11-3-1-7-15(26)19(33)30-16(8-2-4-12-25)20(34)31-17(9-5-13-29-23(27)28)21(35)32-14-6-10-18(32)22(36)37/h15-18H,1-14,24-26H2,(H,30,33)(H,31,34)(H,36,37)(H4,27,28,29). The molecule has 13 N–H and O–H groups in total. The summed E-state index contributed by atoms with van der Waals surface area (Å²) in [5.41, 5.74) is 27.8. The van der Waals surface area contributed by atoms with Gasteiger partial charge in [-0.3, -0.25) is 19.4 Å². The molecular weight excluding hydrogens is 482 g/mol. The molecule has 1 fully saturated rings. The van der Waals surface area contributed by atoms with Gasteiger partial charge in [-0.25, -0.2) is 4.79 Å². The lowest BCUT2D eigenvalue weighted by atomic mass is 10.0. The zero-order valence-electron chi connectivity index (χ0n) is 21.6. The van der Waals surface area contributed by atoms with Gasteiger partial charge in [0, 0.05) is 13.1 Å². The molecule has 0 bridgehead atoms. The number of aliphatic imine (C=N–C) groups is 1. The number of nitrogens with one attached hydrogen (secondary N) is 2. The van der Waals surface area contributed by atoms with E-state index in [1.165, 1.54) is 4.90 Å². The number of carboxylic acids is 1. The number of carbonyl (C=O) groups excluding carboxylic acids is 3. The number of nitrogens with two attached hydrogens (primary N) is 5. The number of amides is 3. The fourth-order valence-corrected chi connectivity index (χ4v) is 4.20. The van der Waals surface area contributed by atoms with Crippen LogP contribution in [-0.2, 0) is 19.2 Å². The molecule has 3 amide bonds. The third kappa shape index (κ3) is 11.7. The molecule has 0 aromatic rings. The van der Waals surface area contributed by atoms with Gasteiger partial charge in [0.1, 0.15) is 18.1 Å². The van der Waals surface area contributed by atoms with Crippen LogP contribution in [0.2, 0.25) is 0 Å². The zero-order chi connectivity index (χ0) is 27.8. The van der Waals surface area contributed by atoms with Crippen molar-refractivity contribution in [2.24, 2.45) is 33.7 Å². The number of rotatable bonds is 18. The summed E-state index contributed by atoms with van der Waals surface area (Å²) < 4.78 is 0. The summed E-state index contributed by atoms with van der Waals surface area (Å²) in [4.78, 5) is 56.0. The largest absolute Gasteiger partial charge is 0.480 e. The number of hydrogen-bond donors (Lipinski definition) is 8. The van der Waals surface area contributed by atoms with Crippen LogP contribution in [0.4, 0.5) is 0 Å². The minimum absolute atomic E-state index is 0.0946. The lowest BCUT2D eigenvalue weighted by Crippen LogP contribution is -2.57. The van der Waals surface area contributed by atoms with E-state index in [1.54, 1.807) is 0 Å². The van der Waals surface area contributed by atoms with Crippen LogP contribution in [0.1, 0.15) is 64.2 Å². The number of hydrogen-bond acceptors (Lipinski definition) is 8. The van der Waals surface area contributed by atoms with E-state index in [1.807, 2.05) is 0 Å². The lowest BCUT2D eigenvalue weighted by molar-refractivity contribution is -0.149. The van der Waals surface area contributed by atoms with E-state index < -0.39 is 47.9 Å². The molecule has 1 rings (SSSR count). The molecule has 37 heavy (non-hydrogen) atoms. The minimum Gasteiger partial charge on any atom is -0.480 e. The van der Waals surface area contributed by atoms with Gasteiger partial charge in [0.05, 0.1) is 6.04 Å². The summed E-state index contributed by atoms with van der Waals surface area (Å²) in [6.45, 7) is 1.44. The van der Waals surface area contributed by atoms with E-state index in [9.17, 15) is 24.3 Å². The smallest absolute Gasteiger partial charge is 0.326 e. The number of carboxylic acid groups (broad SMARTS) is 1. The van der Waals surface area contributed by atoms with Crippen LogP contribution in [0.15, 0.2) is 4.99 Å². The summed E-state index contributed by atoms with van der Waals surface area (Å²) in [6, 6.07) is -3.68. The van der Waals surface area contributed by atoms with Gasteiger partial charge in [0.15, 0.2) is 5.96 Å². The average Bonchev–Trinajstić information content (AvgIpc) is 3.35. The predicted octanol–water partition coefficient (Wildman–Crippen LogP) is -2.33. The molecule has 0 spiro atoms. The fourth-order valence-electron chi connectivity index (χ4n) is 4.20. The third-order valence-electron chi connectivity index (χ3n) is 6.27. The van der Waals surface area contributed by atoms with Crippen molar-refractivity contribution in [2.45, 2.75) is 88.4 Å². The third-order valence-corrected chi connectivity index (χ3v) is 6.27. The van der Waals surface area contributed by atoms with Crippen LogP contribution in [0.3, 0.4) is 0 Å². The molecule has 0 saturated carbocycles. The average molecular weight is 528 g/mol. The summed E-state index contributed by atoms with van der Waals surface area (Å²) >= 11 is 0. The number of guanidine groups is 1. The Morgan fingerprint density at radius 2 is 1.49 bits per heavy atom. The van der Waals surface area contributed by atoms with Crippen molar-refractivity contribution in [1.29, 1.82) is 0 Å². The quantitative estimate of drug-likeness (QED) is 0.0535. The van der Waals surface area contributed by atoms with E-state index in [-0.39, 0.29) is 25.5 Å². The number of unbranched alkanes of at least 4 members (excludes halogenated alkanes) is 2. The molecule has 14 heteroatoms. The van der Waals surface area contributed by atoms with E-state index in [4.69, 9.17) is 28.7 Å². The van der Waals surface area contributed by atoms with Gasteiger partial charge in [0.2, 0.25) is 17.7 Å². The van der Waals surface area contributed by atoms with Crippen molar-refractivity contribution >= 4 is 29.7 Å². The Hall–Kier alpha value is -2.97. The molecule has 4 atom stereocenters. The summed E-state index contributed by atoms with van der Waals surface area (Å²) in [5, 5.41) is 14.9. The zero-order valence-corrected chi connectivity index (χ0v) is 21.6. The van der Waals surface area contributed by atoms with E-state index in [0.29, 0.717) is 64.5 Å². The van der Waals surface area contributed by atoms with Gasteiger partial charge in [-0.05, 0) is 70.9 Å². The molecule has 4 unspecified atom stereocenters. The molecule has 1 aliphatic heterocycles. The van der Waals surface area contributed by atoms with Gasteiger partial charge in [0.25, 0.3) is 0 Å². The monoisotopic (exact) mass is 527 g/mol. The van der Waals surface area contributed by atoms with Gasteiger partial charge in [-0.2, -0.15) is 0 Å². The van der Waals surface area contributed by atoms with Crippen molar-refractivity contribution in [3.63, 3.8) is 0 Å². The maximum absolute atomic E-state index is 13.3. The summed E-state index contributed by atoms with van der Waals surface area (Å²) in [7, 11) is 0. The number of likely N-dealkylation sites (tertiary alicyclic amines) is 1. The Labute approximate surface area is 218 Å². The van der Waals surface area contributed by atoms with Gasteiger partial charge >= 0.3 is 5.97 Å². The SMILES string of the molecule is NCCCCC(N)C(=O)NC(CCCCN)C(=O)NC(CCCN=C(N)N)C(=O)N1CCCC1C(=O)O. The second-order valence-corrected chi connectivity index (χ2v) is 9.27. The predicted molar refractivity (Wildman–Crippen MR) is 140 cm³/mol. The van der Waals surface area contributed by atoms with Crippen molar-refractivity contribution in [2.75, 3.05) is 26.2 Å². The number of nitrogens with zero attached hydrogens (tertiary/aromatic N) is 2. The molecule has 1 aliphatic rings. The first-order valence-corrected chi connectivity index (χ1v) is 13.0. The fraction of sp³-hybridized carbons (Fsp3) is 0.783. The van der Waals surface area contributed by atoms with Crippen LogP contribution in [0, 0.1) is 0 Å². The van der Waals surface area contributed by atoms with Crippen LogP contribution < -0.4 is 39.3 Å². The van der Waals surface area contributed by atoms with Crippen LogP contribution in [0.5, 0.6) is 0 Å². The highest BCUT2D eigenvalue weighted by Gasteiger charge is 2.38. The highest BCUT2D eigenvalue weighted by molar-refractivity contribution is 5.94. The number of aliphatic carboxylic acids is 1. The molecule has 14 nitrogen and oxygen atoms in total. The van der Waals surface area contributed by atoms with Crippen molar-refractivity contribution in [3.05, 3.63) is 0 Å². The Morgan fingerprint density at radius 1 is 0.892 bits per heavy atom. The van der Waals surface area contributed by atoms with Crippen molar-refractivity contribution < 1.29 is 24.3 Å².